The van der Waals surface area contributed by atoms with E-state index in [9.17, 15) is 4.79 Å². The van der Waals surface area contributed by atoms with Gasteiger partial charge in [-0.1, -0.05) is 18.2 Å². The molecule has 0 atom stereocenters. The van der Waals surface area contributed by atoms with Crippen molar-refractivity contribution in [3.8, 4) is 0 Å². The monoisotopic (exact) mass is 263 g/mol. The summed E-state index contributed by atoms with van der Waals surface area (Å²) in [6, 6.07) is 10.4. The first-order valence-electron chi connectivity index (χ1n) is 6.90. The fourth-order valence-corrected chi connectivity index (χ4v) is 1.80. The van der Waals surface area contributed by atoms with Crippen LogP contribution >= 0.6 is 0 Å². The number of hydrogen-bond donors (Lipinski definition) is 2. The van der Waals surface area contributed by atoms with Gasteiger partial charge in [0.15, 0.2) is 0 Å². The van der Waals surface area contributed by atoms with Crippen molar-refractivity contribution in [2.75, 3.05) is 25.0 Å². The molecule has 19 heavy (non-hydrogen) atoms. The van der Waals surface area contributed by atoms with E-state index in [1.165, 1.54) is 5.69 Å². The molecule has 0 unspecified atom stereocenters. The van der Waals surface area contributed by atoms with Crippen molar-refractivity contribution in [2.24, 2.45) is 0 Å². The van der Waals surface area contributed by atoms with E-state index in [2.05, 4.69) is 34.7 Å². The molecular formula is C15H25N3O. The summed E-state index contributed by atoms with van der Waals surface area (Å²) in [5.41, 5.74) is 1.23. The number of benzene rings is 1. The summed E-state index contributed by atoms with van der Waals surface area (Å²) in [5.74, 6) is 0. The first kappa shape index (κ1) is 15.3. The second kappa shape index (κ2) is 8.40. The van der Waals surface area contributed by atoms with Crippen LogP contribution in [0.5, 0.6) is 0 Å². The van der Waals surface area contributed by atoms with Crippen molar-refractivity contribution in [3.05, 3.63) is 30.3 Å². The Morgan fingerprint density at radius 2 is 1.89 bits per heavy atom. The molecule has 2 N–H and O–H groups in total. The topological polar surface area (TPSA) is 44.4 Å². The Kier molecular flexibility index (Phi) is 6.79. The van der Waals surface area contributed by atoms with Crippen LogP contribution in [0.1, 0.15) is 26.7 Å². The van der Waals surface area contributed by atoms with Gasteiger partial charge in [-0.15, -0.1) is 0 Å². The molecule has 1 aromatic carbocycles. The zero-order valence-corrected chi connectivity index (χ0v) is 12.1. The van der Waals surface area contributed by atoms with Gasteiger partial charge in [0.25, 0.3) is 0 Å². The lowest BCUT2D eigenvalue weighted by Crippen LogP contribution is -2.39. The van der Waals surface area contributed by atoms with E-state index >= 15 is 0 Å². The number of hydrogen-bond acceptors (Lipinski definition) is 2. The molecular weight excluding hydrogens is 238 g/mol. The maximum Gasteiger partial charge on any atom is 0.314 e. The first-order chi connectivity index (χ1) is 9.09. The van der Waals surface area contributed by atoms with E-state index in [-0.39, 0.29) is 12.1 Å². The lowest BCUT2D eigenvalue weighted by molar-refractivity contribution is 0.238. The molecule has 1 aromatic rings. The normalized spacial score (nSPS) is 10.3. The van der Waals surface area contributed by atoms with Gasteiger partial charge in [0, 0.05) is 31.9 Å². The van der Waals surface area contributed by atoms with E-state index in [4.69, 9.17) is 0 Å². The number of carbonyl (C=O) groups is 1. The van der Waals surface area contributed by atoms with Crippen LogP contribution in [0.2, 0.25) is 0 Å². The average molecular weight is 263 g/mol. The number of carbonyl (C=O) groups excluding carboxylic acids is 1. The molecule has 0 saturated carbocycles. The number of unbranched alkanes of at least 4 members (excludes halogenated alkanes) is 1. The van der Waals surface area contributed by atoms with Crippen LogP contribution in [-0.4, -0.2) is 32.2 Å². The second-order valence-corrected chi connectivity index (χ2v) is 5.02. The van der Waals surface area contributed by atoms with Gasteiger partial charge >= 0.3 is 6.03 Å². The van der Waals surface area contributed by atoms with E-state index in [1.807, 2.05) is 32.0 Å². The highest BCUT2D eigenvalue weighted by Crippen LogP contribution is 2.11. The van der Waals surface area contributed by atoms with Crippen molar-refractivity contribution >= 4 is 11.7 Å². The average Bonchev–Trinajstić information content (AvgIpc) is 2.38. The van der Waals surface area contributed by atoms with Crippen LogP contribution in [0.15, 0.2) is 30.3 Å². The van der Waals surface area contributed by atoms with Crippen LogP contribution < -0.4 is 15.5 Å². The van der Waals surface area contributed by atoms with E-state index in [1.54, 1.807) is 0 Å². The van der Waals surface area contributed by atoms with Crippen LogP contribution in [0.25, 0.3) is 0 Å². The van der Waals surface area contributed by atoms with Gasteiger partial charge in [0.05, 0.1) is 0 Å². The third kappa shape index (κ3) is 6.70. The molecule has 0 fully saturated rings. The van der Waals surface area contributed by atoms with Gasteiger partial charge in [-0.3, -0.25) is 0 Å². The van der Waals surface area contributed by atoms with Gasteiger partial charge in [0.1, 0.15) is 0 Å². The highest BCUT2D eigenvalue weighted by Gasteiger charge is 2.02. The maximum atomic E-state index is 11.3. The van der Waals surface area contributed by atoms with Crippen LogP contribution in [0.4, 0.5) is 10.5 Å². The minimum atomic E-state index is -0.0774. The van der Waals surface area contributed by atoms with Crippen molar-refractivity contribution in [2.45, 2.75) is 32.7 Å². The highest BCUT2D eigenvalue weighted by molar-refractivity contribution is 5.73. The molecule has 4 heteroatoms. The SMILES string of the molecule is CC(C)NC(=O)NCCCCN(C)c1ccccc1. The lowest BCUT2D eigenvalue weighted by atomic mass is 10.2. The zero-order chi connectivity index (χ0) is 14.1. The van der Waals surface area contributed by atoms with E-state index in [0.29, 0.717) is 0 Å². The maximum absolute atomic E-state index is 11.3. The van der Waals surface area contributed by atoms with Gasteiger partial charge in [-0.05, 0) is 38.8 Å². The summed E-state index contributed by atoms with van der Waals surface area (Å²) < 4.78 is 0. The molecule has 106 valence electrons. The fourth-order valence-electron chi connectivity index (χ4n) is 1.80. The molecule has 4 nitrogen and oxygen atoms in total. The Bertz CT molecular complexity index is 365. The molecule has 0 spiro atoms. The van der Waals surface area contributed by atoms with Crippen LogP contribution in [-0.2, 0) is 0 Å². The van der Waals surface area contributed by atoms with Gasteiger partial charge < -0.3 is 15.5 Å². The number of rotatable bonds is 7. The van der Waals surface area contributed by atoms with Gasteiger partial charge in [-0.2, -0.15) is 0 Å². The minimum absolute atomic E-state index is 0.0774. The summed E-state index contributed by atoms with van der Waals surface area (Å²) in [6.45, 7) is 5.63. The molecule has 0 aliphatic carbocycles. The number of nitrogens with zero attached hydrogens (tertiary/aromatic N) is 1. The van der Waals surface area contributed by atoms with Crippen molar-refractivity contribution in [1.82, 2.24) is 10.6 Å². The molecule has 2 amide bonds. The molecule has 0 aliphatic rings. The van der Waals surface area contributed by atoms with Crippen LogP contribution in [0, 0.1) is 0 Å². The molecule has 0 heterocycles. The number of anilines is 1. The highest BCUT2D eigenvalue weighted by atomic mass is 16.2. The number of para-hydroxylation sites is 1. The predicted molar refractivity (Wildman–Crippen MR) is 80.6 cm³/mol. The summed E-state index contributed by atoms with van der Waals surface area (Å²) in [7, 11) is 2.09. The molecule has 0 aliphatic heterocycles. The standard InChI is InChI=1S/C15H25N3O/c1-13(2)17-15(19)16-11-7-8-12-18(3)14-9-5-4-6-10-14/h4-6,9-10,13H,7-8,11-12H2,1-3H3,(H2,16,17,19). The predicted octanol–water partition coefficient (Wildman–Crippen LogP) is 2.61. The smallest absolute Gasteiger partial charge is 0.314 e. The molecule has 0 bridgehead atoms. The third-order valence-electron chi connectivity index (χ3n) is 2.82. The fraction of sp³-hybridized carbons (Fsp3) is 0.533. The zero-order valence-electron chi connectivity index (χ0n) is 12.1. The molecule has 0 saturated heterocycles. The van der Waals surface area contributed by atoms with E-state index < -0.39 is 0 Å². The van der Waals surface area contributed by atoms with Crippen LogP contribution in [0.3, 0.4) is 0 Å². The molecule has 0 aromatic heterocycles. The minimum Gasteiger partial charge on any atom is -0.375 e. The largest absolute Gasteiger partial charge is 0.375 e. The Labute approximate surface area is 116 Å². The Hall–Kier alpha value is -1.71. The summed E-state index contributed by atoms with van der Waals surface area (Å²) in [5, 5.41) is 5.67. The number of urea groups is 1. The molecule has 1 rings (SSSR count). The Morgan fingerprint density at radius 3 is 2.53 bits per heavy atom. The number of amides is 2. The van der Waals surface area contributed by atoms with Crippen molar-refractivity contribution in [1.29, 1.82) is 0 Å². The first-order valence-corrected chi connectivity index (χ1v) is 6.90. The molecule has 0 radical (unpaired) electrons. The van der Waals surface area contributed by atoms with E-state index in [0.717, 1.165) is 25.9 Å². The summed E-state index contributed by atoms with van der Waals surface area (Å²) in [6.07, 6.45) is 2.05. The van der Waals surface area contributed by atoms with Gasteiger partial charge in [0.2, 0.25) is 0 Å². The Morgan fingerprint density at radius 1 is 1.21 bits per heavy atom. The quantitative estimate of drug-likeness (QED) is 0.743. The van der Waals surface area contributed by atoms with Crippen molar-refractivity contribution in [3.63, 3.8) is 0 Å². The van der Waals surface area contributed by atoms with Gasteiger partial charge in [-0.25, -0.2) is 4.79 Å². The number of nitrogens with one attached hydrogen (secondary N) is 2. The Balaban J connectivity index is 2.09. The summed E-state index contributed by atoms with van der Waals surface area (Å²) in [4.78, 5) is 13.6. The lowest BCUT2D eigenvalue weighted by Gasteiger charge is -2.19. The second-order valence-electron chi connectivity index (χ2n) is 5.02. The van der Waals surface area contributed by atoms with Crippen molar-refractivity contribution < 1.29 is 4.79 Å². The third-order valence-corrected chi connectivity index (χ3v) is 2.82. The summed E-state index contributed by atoms with van der Waals surface area (Å²) >= 11 is 0.